The molecule has 1 heterocycles. The van der Waals surface area contributed by atoms with E-state index in [2.05, 4.69) is 59.9 Å². The van der Waals surface area contributed by atoms with Crippen LogP contribution >= 0.6 is 15.9 Å². The summed E-state index contributed by atoms with van der Waals surface area (Å²) in [6, 6.07) is 6.69. The molecule has 1 aliphatic rings. The van der Waals surface area contributed by atoms with E-state index in [0.717, 1.165) is 6.42 Å². The van der Waals surface area contributed by atoms with Crippen LogP contribution in [0.15, 0.2) is 22.7 Å². The largest absolute Gasteiger partial charge is 0.325 e. The van der Waals surface area contributed by atoms with Gasteiger partial charge in [-0.1, -0.05) is 28.1 Å². The van der Waals surface area contributed by atoms with Crippen molar-refractivity contribution >= 4 is 15.9 Å². The lowest BCUT2D eigenvalue weighted by atomic mass is 9.89. The van der Waals surface area contributed by atoms with E-state index in [1.165, 1.54) is 28.7 Å². The summed E-state index contributed by atoms with van der Waals surface area (Å²) in [5.74, 6) is 0.689. The lowest BCUT2D eigenvalue weighted by molar-refractivity contribution is 0.189. The molecule has 0 aromatic heterocycles. The van der Waals surface area contributed by atoms with Gasteiger partial charge < -0.3 is 10.6 Å². The molecule has 1 aromatic rings. The zero-order valence-corrected chi connectivity index (χ0v) is 12.4. The SMILES string of the molecule is CN1CC(c2ccc(CC(C)(C)N)cc2Br)C1. The molecule has 0 radical (unpaired) electrons. The first-order valence-corrected chi connectivity index (χ1v) is 6.90. The van der Waals surface area contributed by atoms with Gasteiger partial charge >= 0.3 is 0 Å². The van der Waals surface area contributed by atoms with E-state index in [4.69, 9.17) is 5.73 Å². The number of halogens is 1. The van der Waals surface area contributed by atoms with Gasteiger partial charge in [-0.25, -0.2) is 0 Å². The van der Waals surface area contributed by atoms with Crippen molar-refractivity contribution in [3.8, 4) is 0 Å². The predicted molar refractivity (Wildman–Crippen MR) is 76.4 cm³/mol. The van der Waals surface area contributed by atoms with Gasteiger partial charge in [-0.05, 0) is 44.5 Å². The Morgan fingerprint density at radius 3 is 2.53 bits per heavy atom. The molecule has 0 aliphatic carbocycles. The second-order valence-corrected chi connectivity index (χ2v) is 6.79. The van der Waals surface area contributed by atoms with Crippen molar-refractivity contribution in [3.63, 3.8) is 0 Å². The van der Waals surface area contributed by atoms with Crippen LogP contribution in [0.1, 0.15) is 30.9 Å². The molecule has 0 atom stereocenters. The van der Waals surface area contributed by atoms with Crippen molar-refractivity contribution in [2.24, 2.45) is 5.73 Å². The molecule has 1 fully saturated rings. The van der Waals surface area contributed by atoms with Crippen molar-refractivity contribution in [1.82, 2.24) is 4.90 Å². The van der Waals surface area contributed by atoms with Crippen LogP contribution in [0, 0.1) is 0 Å². The maximum Gasteiger partial charge on any atom is 0.0213 e. The second kappa shape index (κ2) is 4.71. The molecule has 1 aliphatic heterocycles. The number of likely N-dealkylation sites (tertiary alicyclic amines) is 1. The molecule has 0 amide bonds. The van der Waals surface area contributed by atoms with Gasteiger partial charge in [0.05, 0.1) is 0 Å². The number of nitrogens with zero attached hydrogens (tertiary/aromatic N) is 1. The number of rotatable bonds is 3. The predicted octanol–water partition coefficient (Wildman–Crippen LogP) is 2.76. The van der Waals surface area contributed by atoms with Gasteiger partial charge in [0.25, 0.3) is 0 Å². The molecule has 2 N–H and O–H groups in total. The molecule has 0 bridgehead atoms. The van der Waals surface area contributed by atoms with Crippen LogP contribution in [-0.2, 0) is 6.42 Å². The topological polar surface area (TPSA) is 29.3 Å². The summed E-state index contributed by atoms with van der Waals surface area (Å²) in [6.07, 6.45) is 0.913. The highest BCUT2D eigenvalue weighted by Crippen LogP contribution is 2.32. The Kier molecular flexibility index (Phi) is 3.62. The van der Waals surface area contributed by atoms with Crippen LogP contribution in [0.2, 0.25) is 0 Å². The van der Waals surface area contributed by atoms with E-state index in [1.807, 2.05) is 0 Å². The summed E-state index contributed by atoms with van der Waals surface area (Å²) in [5, 5.41) is 0. The first-order valence-electron chi connectivity index (χ1n) is 6.11. The normalized spacial score (nSPS) is 18.2. The van der Waals surface area contributed by atoms with Crippen LogP contribution in [0.25, 0.3) is 0 Å². The number of benzene rings is 1. The van der Waals surface area contributed by atoms with E-state index in [9.17, 15) is 0 Å². The van der Waals surface area contributed by atoms with E-state index in [-0.39, 0.29) is 5.54 Å². The number of hydrogen-bond donors (Lipinski definition) is 1. The molecule has 1 aromatic carbocycles. The van der Waals surface area contributed by atoms with Gasteiger partial charge in [-0.3, -0.25) is 0 Å². The van der Waals surface area contributed by atoms with Crippen LogP contribution in [0.4, 0.5) is 0 Å². The molecule has 2 nitrogen and oxygen atoms in total. The minimum absolute atomic E-state index is 0.141. The van der Waals surface area contributed by atoms with E-state index in [1.54, 1.807) is 0 Å². The van der Waals surface area contributed by atoms with E-state index in [0.29, 0.717) is 5.92 Å². The highest BCUT2D eigenvalue weighted by atomic mass is 79.9. The van der Waals surface area contributed by atoms with E-state index < -0.39 is 0 Å². The van der Waals surface area contributed by atoms with Gasteiger partial charge in [0, 0.05) is 29.0 Å². The molecule has 94 valence electrons. The Morgan fingerprint density at radius 2 is 2.06 bits per heavy atom. The Labute approximate surface area is 112 Å². The first kappa shape index (κ1) is 13.1. The summed E-state index contributed by atoms with van der Waals surface area (Å²) in [5.41, 5.74) is 8.65. The maximum absolute atomic E-state index is 6.05. The van der Waals surface area contributed by atoms with Crippen molar-refractivity contribution in [3.05, 3.63) is 33.8 Å². The molecule has 0 spiro atoms. The van der Waals surface area contributed by atoms with Crippen LogP contribution in [0.5, 0.6) is 0 Å². The standard InChI is InChI=1S/C14H21BrN2/c1-14(2,16)7-10-4-5-12(13(15)6-10)11-8-17(3)9-11/h4-6,11H,7-9,16H2,1-3H3. The third kappa shape index (κ3) is 3.30. The minimum atomic E-state index is -0.141. The molecule has 3 heteroatoms. The average molecular weight is 297 g/mol. The Morgan fingerprint density at radius 1 is 1.41 bits per heavy atom. The summed E-state index contributed by atoms with van der Waals surface area (Å²) < 4.78 is 1.23. The van der Waals surface area contributed by atoms with Crippen molar-refractivity contribution < 1.29 is 0 Å². The van der Waals surface area contributed by atoms with Crippen LogP contribution < -0.4 is 5.73 Å². The van der Waals surface area contributed by atoms with Gasteiger partial charge in [0.15, 0.2) is 0 Å². The number of hydrogen-bond acceptors (Lipinski definition) is 2. The molecule has 17 heavy (non-hydrogen) atoms. The summed E-state index contributed by atoms with van der Waals surface area (Å²) in [6.45, 7) is 6.46. The highest BCUT2D eigenvalue weighted by molar-refractivity contribution is 9.10. The smallest absolute Gasteiger partial charge is 0.0213 e. The Bertz CT molecular complexity index is 403. The maximum atomic E-state index is 6.05. The fourth-order valence-corrected chi connectivity index (χ4v) is 3.18. The molecule has 0 unspecified atom stereocenters. The van der Waals surface area contributed by atoms with Gasteiger partial charge in [-0.15, -0.1) is 0 Å². The zero-order chi connectivity index (χ0) is 12.6. The Hall–Kier alpha value is -0.380. The monoisotopic (exact) mass is 296 g/mol. The van der Waals surface area contributed by atoms with Crippen molar-refractivity contribution in [2.75, 3.05) is 20.1 Å². The minimum Gasteiger partial charge on any atom is -0.325 e. The van der Waals surface area contributed by atoms with Crippen molar-refractivity contribution in [1.29, 1.82) is 0 Å². The molecule has 1 saturated heterocycles. The summed E-state index contributed by atoms with van der Waals surface area (Å²) in [7, 11) is 2.16. The fourth-order valence-electron chi connectivity index (χ4n) is 2.43. The van der Waals surface area contributed by atoms with E-state index >= 15 is 0 Å². The molecular formula is C14H21BrN2. The molecule has 2 rings (SSSR count). The number of nitrogens with two attached hydrogens (primary N) is 1. The van der Waals surface area contributed by atoms with Gasteiger partial charge in [0.2, 0.25) is 0 Å². The molecular weight excluding hydrogens is 276 g/mol. The molecule has 0 saturated carbocycles. The first-order chi connectivity index (χ1) is 7.85. The Balaban J connectivity index is 2.12. The quantitative estimate of drug-likeness (QED) is 0.929. The second-order valence-electron chi connectivity index (χ2n) is 5.94. The third-order valence-electron chi connectivity index (χ3n) is 3.23. The van der Waals surface area contributed by atoms with Crippen molar-refractivity contribution in [2.45, 2.75) is 31.7 Å². The van der Waals surface area contributed by atoms with Crippen LogP contribution in [-0.4, -0.2) is 30.6 Å². The fraction of sp³-hybridized carbons (Fsp3) is 0.571. The summed E-state index contributed by atoms with van der Waals surface area (Å²) >= 11 is 3.69. The van der Waals surface area contributed by atoms with Crippen LogP contribution in [0.3, 0.4) is 0 Å². The number of likely N-dealkylation sites (N-methyl/N-ethyl adjacent to an activating group) is 1. The third-order valence-corrected chi connectivity index (χ3v) is 3.92. The average Bonchev–Trinajstić information content (AvgIpc) is 2.11. The highest BCUT2D eigenvalue weighted by Gasteiger charge is 2.26. The lowest BCUT2D eigenvalue weighted by Gasteiger charge is -2.37. The van der Waals surface area contributed by atoms with Gasteiger partial charge in [-0.2, -0.15) is 0 Å². The zero-order valence-electron chi connectivity index (χ0n) is 10.8. The lowest BCUT2D eigenvalue weighted by Crippen LogP contribution is -2.41. The van der Waals surface area contributed by atoms with Gasteiger partial charge in [0.1, 0.15) is 0 Å². The summed E-state index contributed by atoms with van der Waals surface area (Å²) in [4.78, 5) is 2.34.